The summed E-state index contributed by atoms with van der Waals surface area (Å²) in [4.78, 5) is 13.5. The summed E-state index contributed by atoms with van der Waals surface area (Å²) in [5.74, 6) is -0.158. The Labute approximate surface area is 87.9 Å². The van der Waals surface area contributed by atoms with Gasteiger partial charge >= 0.3 is 5.97 Å². The highest BCUT2D eigenvalue weighted by molar-refractivity contribution is 5.66. The number of hydrogen-bond acceptors (Lipinski definition) is 2. The Hall–Kier alpha value is -2.02. The van der Waals surface area contributed by atoms with Crippen LogP contribution in [0.2, 0.25) is 0 Å². The smallest absolute Gasteiger partial charge is 0.303 e. The standard InChI is InChI=1S/C11H11NO3/c1-12-9-4-6-10(7-5-9)15-8-2-3-11(13)14/h4-7H,2-3,8H2,(H,13,14). The summed E-state index contributed by atoms with van der Waals surface area (Å²) in [7, 11) is 0. The Balaban J connectivity index is 2.32. The Morgan fingerprint density at radius 2 is 2.07 bits per heavy atom. The van der Waals surface area contributed by atoms with Crippen LogP contribution < -0.4 is 4.74 Å². The van der Waals surface area contributed by atoms with Gasteiger partial charge < -0.3 is 9.84 Å². The van der Waals surface area contributed by atoms with E-state index in [2.05, 4.69) is 4.85 Å². The molecule has 78 valence electrons. The molecule has 0 amide bonds. The summed E-state index contributed by atoms with van der Waals surface area (Å²) in [6, 6.07) is 6.74. The van der Waals surface area contributed by atoms with E-state index in [4.69, 9.17) is 16.4 Å². The number of rotatable bonds is 5. The maximum absolute atomic E-state index is 10.2. The second kappa shape index (κ2) is 5.66. The van der Waals surface area contributed by atoms with Crippen molar-refractivity contribution in [1.82, 2.24) is 0 Å². The molecule has 0 bridgehead atoms. The predicted molar refractivity (Wildman–Crippen MR) is 55.1 cm³/mol. The van der Waals surface area contributed by atoms with Crippen LogP contribution in [0.1, 0.15) is 12.8 Å². The Kier molecular flexibility index (Phi) is 4.17. The van der Waals surface area contributed by atoms with Gasteiger partial charge in [-0.2, -0.15) is 0 Å². The lowest BCUT2D eigenvalue weighted by Gasteiger charge is -2.04. The van der Waals surface area contributed by atoms with Crippen molar-refractivity contribution in [2.75, 3.05) is 6.61 Å². The predicted octanol–water partition coefficient (Wildman–Crippen LogP) is 2.48. The van der Waals surface area contributed by atoms with Crippen molar-refractivity contribution in [3.8, 4) is 5.75 Å². The quantitative estimate of drug-likeness (QED) is 0.593. The van der Waals surface area contributed by atoms with Crippen molar-refractivity contribution < 1.29 is 14.6 Å². The number of ether oxygens (including phenoxy) is 1. The third-order valence-corrected chi connectivity index (χ3v) is 1.77. The molecular formula is C11H11NO3. The van der Waals surface area contributed by atoms with E-state index in [-0.39, 0.29) is 6.42 Å². The van der Waals surface area contributed by atoms with Gasteiger partial charge in [-0.05, 0) is 18.6 Å². The monoisotopic (exact) mass is 205 g/mol. The SMILES string of the molecule is [C-]#[N+]c1ccc(OCCCC(=O)O)cc1. The topological polar surface area (TPSA) is 50.9 Å². The third kappa shape index (κ3) is 4.14. The van der Waals surface area contributed by atoms with Crippen LogP contribution in [0, 0.1) is 6.57 Å². The Morgan fingerprint density at radius 1 is 1.40 bits per heavy atom. The van der Waals surface area contributed by atoms with Gasteiger partial charge in [0.2, 0.25) is 0 Å². The lowest BCUT2D eigenvalue weighted by Crippen LogP contribution is -2.01. The summed E-state index contributed by atoms with van der Waals surface area (Å²) < 4.78 is 5.29. The van der Waals surface area contributed by atoms with Crippen molar-refractivity contribution in [3.63, 3.8) is 0 Å². The summed E-state index contributed by atoms with van der Waals surface area (Å²) in [5, 5.41) is 8.39. The van der Waals surface area contributed by atoms with Gasteiger partial charge in [0.15, 0.2) is 5.69 Å². The van der Waals surface area contributed by atoms with Crippen LogP contribution in [0.5, 0.6) is 5.75 Å². The van der Waals surface area contributed by atoms with E-state index < -0.39 is 5.97 Å². The molecule has 15 heavy (non-hydrogen) atoms. The van der Waals surface area contributed by atoms with Crippen LogP contribution in [0.25, 0.3) is 4.85 Å². The van der Waals surface area contributed by atoms with Crippen molar-refractivity contribution >= 4 is 11.7 Å². The van der Waals surface area contributed by atoms with Crippen molar-refractivity contribution in [1.29, 1.82) is 0 Å². The fourth-order valence-corrected chi connectivity index (χ4v) is 1.03. The van der Waals surface area contributed by atoms with E-state index in [0.717, 1.165) is 0 Å². The number of carboxylic acids is 1. The Morgan fingerprint density at radius 3 is 2.60 bits per heavy atom. The molecule has 1 N–H and O–H groups in total. The summed E-state index contributed by atoms with van der Waals surface area (Å²) in [5.41, 5.74) is 0.563. The fourth-order valence-electron chi connectivity index (χ4n) is 1.03. The largest absolute Gasteiger partial charge is 0.494 e. The lowest BCUT2D eigenvalue weighted by atomic mass is 10.3. The molecule has 0 fully saturated rings. The van der Waals surface area contributed by atoms with Gasteiger partial charge in [0.05, 0.1) is 13.2 Å². The molecular weight excluding hydrogens is 194 g/mol. The first-order chi connectivity index (χ1) is 7.22. The van der Waals surface area contributed by atoms with Crippen LogP contribution in [0.4, 0.5) is 5.69 Å². The van der Waals surface area contributed by atoms with Crippen LogP contribution in [-0.4, -0.2) is 17.7 Å². The van der Waals surface area contributed by atoms with Crippen LogP contribution >= 0.6 is 0 Å². The average molecular weight is 205 g/mol. The highest BCUT2D eigenvalue weighted by Gasteiger charge is 1.98. The van der Waals surface area contributed by atoms with Crippen LogP contribution in [0.3, 0.4) is 0 Å². The minimum Gasteiger partial charge on any atom is -0.494 e. The first kappa shape index (κ1) is 11.1. The molecule has 0 saturated heterocycles. The number of aliphatic carboxylic acids is 1. The van der Waals surface area contributed by atoms with E-state index in [0.29, 0.717) is 24.5 Å². The second-order valence-corrected chi connectivity index (χ2v) is 2.95. The van der Waals surface area contributed by atoms with E-state index in [1.807, 2.05) is 0 Å². The molecule has 4 heteroatoms. The second-order valence-electron chi connectivity index (χ2n) is 2.95. The minimum atomic E-state index is -0.818. The Bertz CT molecular complexity index is 364. The summed E-state index contributed by atoms with van der Waals surface area (Å²) in [6.45, 7) is 7.13. The van der Waals surface area contributed by atoms with Gasteiger partial charge in [-0.3, -0.25) is 4.79 Å². The molecule has 0 atom stereocenters. The molecule has 0 unspecified atom stereocenters. The molecule has 0 aliphatic rings. The van der Waals surface area contributed by atoms with E-state index in [1.165, 1.54) is 0 Å². The normalized spacial score (nSPS) is 9.27. The van der Waals surface area contributed by atoms with Crippen molar-refractivity contribution in [2.45, 2.75) is 12.8 Å². The first-order valence-corrected chi connectivity index (χ1v) is 4.54. The van der Waals surface area contributed by atoms with Gasteiger partial charge in [-0.15, -0.1) is 0 Å². The van der Waals surface area contributed by atoms with Gasteiger partial charge in [-0.1, -0.05) is 12.1 Å². The van der Waals surface area contributed by atoms with Gasteiger partial charge in [0, 0.05) is 6.42 Å². The summed E-state index contributed by atoms with van der Waals surface area (Å²) >= 11 is 0. The highest BCUT2D eigenvalue weighted by atomic mass is 16.5. The molecule has 0 aliphatic carbocycles. The number of nitrogens with zero attached hydrogens (tertiary/aromatic N) is 1. The van der Waals surface area contributed by atoms with Crippen molar-refractivity contribution in [2.24, 2.45) is 0 Å². The van der Waals surface area contributed by atoms with Crippen molar-refractivity contribution in [3.05, 3.63) is 35.7 Å². The maximum atomic E-state index is 10.2. The molecule has 0 spiro atoms. The minimum absolute atomic E-state index is 0.111. The van der Waals surface area contributed by atoms with E-state index in [1.54, 1.807) is 24.3 Å². The van der Waals surface area contributed by atoms with Crippen LogP contribution in [-0.2, 0) is 4.79 Å². The van der Waals surface area contributed by atoms with Crippen LogP contribution in [0.15, 0.2) is 24.3 Å². The zero-order chi connectivity index (χ0) is 11.1. The third-order valence-electron chi connectivity index (χ3n) is 1.77. The molecule has 0 radical (unpaired) electrons. The molecule has 0 aromatic heterocycles. The first-order valence-electron chi connectivity index (χ1n) is 4.54. The van der Waals surface area contributed by atoms with Gasteiger partial charge in [0.25, 0.3) is 0 Å². The molecule has 4 nitrogen and oxygen atoms in total. The zero-order valence-electron chi connectivity index (χ0n) is 8.14. The van der Waals surface area contributed by atoms with Gasteiger partial charge in [-0.25, -0.2) is 4.85 Å². The number of benzene rings is 1. The molecule has 1 aromatic carbocycles. The number of carboxylic acid groups (broad SMARTS) is 1. The fraction of sp³-hybridized carbons (Fsp3) is 0.273. The molecule has 0 aliphatic heterocycles. The molecule has 1 aromatic rings. The molecule has 0 saturated carbocycles. The highest BCUT2D eigenvalue weighted by Crippen LogP contribution is 2.17. The van der Waals surface area contributed by atoms with Gasteiger partial charge in [0.1, 0.15) is 5.75 Å². The molecule has 1 rings (SSSR count). The number of hydrogen-bond donors (Lipinski definition) is 1. The lowest BCUT2D eigenvalue weighted by molar-refractivity contribution is -0.137. The molecule has 0 heterocycles. The number of carbonyl (C=O) groups is 1. The maximum Gasteiger partial charge on any atom is 0.303 e. The van der Waals surface area contributed by atoms with E-state index in [9.17, 15) is 4.79 Å². The zero-order valence-corrected chi connectivity index (χ0v) is 8.14. The van der Waals surface area contributed by atoms with E-state index >= 15 is 0 Å². The summed E-state index contributed by atoms with van der Waals surface area (Å²) in [6.07, 6.45) is 0.597. The average Bonchev–Trinajstić information content (AvgIpc) is 2.25.